The Labute approximate surface area is 170 Å². The van der Waals surface area contributed by atoms with E-state index >= 15 is 0 Å². The van der Waals surface area contributed by atoms with E-state index in [2.05, 4.69) is 11.8 Å². The summed E-state index contributed by atoms with van der Waals surface area (Å²) in [4.78, 5) is 30.7. The molecule has 6 nitrogen and oxygen atoms in total. The molecule has 0 atom stereocenters. The van der Waals surface area contributed by atoms with Gasteiger partial charge in [0.05, 0.1) is 19.2 Å². The molecular weight excluding hydrogens is 373 g/mol. The number of anilines is 1. The highest BCUT2D eigenvalue weighted by molar-refractivity contribution is 5.92. The van der Waals surface area contributed by atoms with Crippen LogP contribution in [-0.2, 0) is 11.3 Å². The number of nitrogens with zero attached hydrogens (tertiary/aromatic N) is 3. The summed E-state index contributed by atoms with van der Waals surface area (Å²) in [5, 5.41) is 0. The maximum absolute atomic E-state index is 13.4. The van der Waals surface area contributed by atoms with Crippen molar-refractivity contribution >= 4 is 17.7 Å². The molecule has 0 aromatic heterocycles. The number of carbonyl (C=O) groups is 2. The normalized spacial score (nSPS) is 14.5. The zero-order valence-electron chi connectivity index (χ0n) is 16.8. The summed E-state index contributed by atoms with van der Waals surface area (Å²) in [5.41, 5.74) is 1.94. The minimum Gasteiger partial charge on any atom is -0.465 e. The molecule has 7 heteroatoms. The van der Waals surface area contributed by atoms with Crippen molar-refractivity contribution < 1.29 is 18.7 Å². The number of amides is 2. The van der Waals surface area contributed by atoms with E-state index in [9.17, 15) is 14.0 Å². The molecule has 0 radical (unpaired) electrons. The lowest BCUT2D eigenvalue weighted by Crippen LogP contribution is -2.52. The van der Waals surface area contributed by atoms with Gasteiger partial charge in [0.15, 0.2) is 0 Å². The van der Waals surface area contributed by atoms with Crippen LogP contribution in [0.25, 0.3) is 0 Å². The van der Waals surface area contributed by atoms with Crippen molar-refractivity contribution in [2.75, 3.05) is 44.7 Å². The number of methoxy groups -OCH3 is 1. The van der Waals surface area contributed by atoms with Gasteiger partial charge >= 0.3 is 12.0 Å². The molecule has 2 amide bonds. The SMILES string of the molecule is CCN1CCN(C(=O)N(Cc2ccc(C(=O)OC)cc2)c2ccc(F)cc2)CC1. The number of urea groups is 1. The molecule has 3 rings (SSSR count). The number of piperazine rings is 1. The Kier molecular flexibility index (Phi) is 6.82. The second kappa shape index (κ2) is 9.52. The first-order valence-electron chi connectivity index (χ1n) is 9.73. The number of benzene rings is 2. The van der Waals surface area contributed by atoms with Crippen LogP contribution in [0.2, 0.25) is 0 Å². The van der Waals surface area contributed by atoms with Crippen LogP contribution in [-0.4, -0.2) is 61.6 Å². The maximum atomic E-state index is 13.4. The van der Waals surface area contributed by atoms with Crippen LogP contribution in [0, 0.1) is 5.82 Å². The molecule has 2 aromatic carbocycles. The molecule has 29 heavy (non-hydrogen) atoms. The van der Waals surface area contributed by atoms with Crippen molar-refractivity contribution in [2.45, 2.75) is 13.5 Å². The van der Waals surface area contributed by atoms with E-state index in [0.29, 0.717) is 30.9 Å². The molecule has 0 spiro atoms. The van der Waals surface area contributed by atoms with Crippen LogP contribution in [0.1, 0.15) is 22.8 Å². The van der Waals surface area contributed by atoms with Gasteiger partial charge in [-0.2, -0.15) is 0 Å². The van der Waals surface area contributed by atoms with Gasteiger partial charge in [0.1, 0.15) is 5.82 Å². The van der Waals surface area contributed by atoms with E-state index < -0.39 is 5.97 Å². The van der Waals surface area contributed by atoms with Crippen LogP contribution in [0.4, 0.5) is 14.9 Å². The average molecular weight is 399 g/mol. The number of halogens is 1. The quantitative estimate of drug-likeness (QED) is 0.724. The molecule has 0 aliphatic carbocycles. The molecule has 0 bridgehead atoms. The number of ether oxygens (including phenoxy) is 1. The number of likely N-dealkylation sites (N-methyl/N-ethyl adjacent to an activating group) is 1. The number of hydrogen-bond donors (Lipinski definition) is 0. The van der Waals surface area contributed by atoms with Crippen molar-refractivity contribution in [1.82, 2.24) is 9.80 Å². The molecule has 1 aliphatic heterocycles. The zero-order chi connectivity index (χ0) is 20.8. The molecule has 1 saturated heterocycles. The summed E-state index contributed by atoms with van der Waals surface area (Å²) < 4.78 is 18.1. The molecular formula is C22H26FN3O3. The first-order chi connectivity index (χ1) is 14.0. The van der Waals surface area contributed by atoms with Crippen molar-refractivity contribution in [2.24, 2.45) is 0 Å². The van der Waals surface area contributed by atoms with E-state index in [-0.39, 0.29) is 11.8 Å². The van der Waals surface area contributed by atoms with Crippen LogP contribution < -0.4 is 4.90 Å². The highest BCUT2D eigenvalue weighted by Crippen LogP contribution is 2.21. The molecule has 2 aromatic rings. The van der Waals surface area contributed by atoms with Gasteiger partial charge in [0.2, 0.25) is 0 Å². The molecule has 0 saturated carbocycles. The molecule has 1 fully saturated rings. The number of carbonyl (C=O) groups excluding carboxylic acids is 2. The van der Waals surface area contributed by atoms with Crippen LogP contribution in [0.3, 0.4) is 0 Å². The van der Waals surface area contributed by atoms with Gasteiger partial charge in [-0.3, -0.25) is 4.90 Å². The molecule has 0 unspecified atom stereocenters. The Morgan fingerprint density at radius 2 is 1.62 bits per heavy atom. The third-order valence-electron chi connectivity index (χ3n) is 5.17. The lowest BCUT2D eigenvalue weighted by atomic mass is 10.1. The van der Waals surface area contributed by atoms with Gasteiger partial charge in [-0.25, -0.2) is 14.0 Å². The Hall–Kier alpha value is -2.93. The smallest absolute Gasteiger partial charge is 0.337 e. The van der Waals surface area contributed by atoms with Gasteiger partial charge in [-0.15, -0.1) is 0 Å². The van der Waals surface area contributed by atoms with Crippen molar-refractivity contribution in [1.29, 1.82) is 0 Å². The Balaban J connectivity index is 1.80. The van der Waals surface area contributed by atoms with Crippen LogP contribution in [0.15, 0.2) is 48.5 Å². The monoisotopic (exact) mass is 399 g/mol. The maximum Gasteiger partial charge on any atom is 0.337 e. The molecule has 154 valence electrons. The second-order valence-electron chi connectivity index (χ2n) is 6.95. The number of esters is 1. The predicted octanol–water partition coefficient (Wildman–Crippen LogP) is 3.38. The van der Waals surface area contributed by atoms with Gasteiger partial charge in [-0.05, 0) is 48.5 Å². The van der Waals surface area contributed by atoms with Gasteiger partial charge in [-0.1, -0.05) is 19.1 Å². The van der Waals surface area contributed by atoms with E-state index in [0.717, 1.165) is 25.2 Å². The van der Waals surface area contributed by atoms with E-state index in [1.54, 1.807) is 41.3 Å². The van der Waals surface area contributed by atoms with Crippen molar-refractivity contribution in [3.05, 3.63) is 65.5 Å². The van der Waals surface area contributed by atoms with Gasteiger partial charge in [0.25, 0.3) is 0 Å². The van der Waals surface area contributed by atoms with E-state index in [1.165, 1.54) is 19.2 Å². The van der Waals surface area contributed by atoms with Gasteiger partial charge in [0, 0.05) is 31.9 Å². The summed E-state index contributed by atoms with van der Waals surface area (Å²) in [6.45, 7) is 6.40. The summed E-state index contributed by atoms with van der Waals surface area (Å²) in [6.07, 6.45) is 0. The highest BCUT2D eigenvalue weighted by Gasteiger charge is 2.26. The number of hydrogen-bond acceptors (Lipinski definition) is 4. The standard InChI is InChI=1S/C22H26FN3O3/c1-3-24-12-14-25(15-13-24)22(28)26(20-10-8-19(23)9-11-20)16-17-4-6-18(7-5-17)21(27)29-2/h4-11H,3,12-16H2,1-2H3. The van der Waals surface area contributed by atoms with Crippen molar-refractivity contribution in [3.63, 3.8) is 0 Å². The largest absolute Gasteiger partial charge is 0.465 e. The number of rotatable bonds is 5. The summed E-state index contributed by atoms with van der Waals surface area (Å²) in [7, 11) is 1.34. The van der Waals surface area contributed by atoms with E-state index in [4.69, 9.17) is 4.74 Å². The second-order valence-corrected chi connectivity index (χ2v) is 6.95. The fraction of sp³-hybridized carbons (Fsp3) is 0.364. The fourth-order valence-corrected chi connectivity index (χ4v) is 3.36. The van der Waals surface area contributed by atoms with Gasteiger partial charge < -0.3 is 14.5 Å². The Morgan fingerprint density at radius 1 is 1.00 bits per heavy atom. The average Bonchev–Trinajstić information content (AvgIpc) is 2.77. The third-order valence-corrected chi connectivity index (χ3v) is 5.17. The lowest BCUT2D eigenvalue weighted by Gasteiger charge is -2.37. The minimum atomic E-state index is -0.406. The fourth-order valence-electron chi connectivity index (χ4n) is 3.36. The Morgan fingerprint density at radius 3 is 2.17 bits per heavy atom. The first kappa shape index (κ1) is 20.8. The summed E-state index contributed by atoms with van der Waals surface area (Å²) in [6, 6.07) is 12.8. The summed E-state index contributed by atoms with van der Waals surface area (Å²) in [5.74, 6) is -0.753. The molecule has 1 aliphatic rings. The van der Waals surface area contributed by atoms with E-state index in [1.807, 2.05) is 4.90 Å². The highest BCUT2D eigenvalue weighted by atomic mass is 19.1. The lowest BCUT2D eigenvalue weighted by molar-refractivity contribution is 0.0600. The Bertz CT molecular complexity index is 831. The van der Waals surface area contributed by atoms with Crippen LogP contribution in [0.5, 0.6) is 0 Å². The van der Waals surface area contributed by atoms with Crippen molar-refractivity contribution in [3.8, 4) is 0 Å². The molecule has 0 N–H and O–H groups in total. The predicted molar refractivity (Wildman–Crippen MR) is 109 cm³/mol. The van der Waals surface area contributed by atoms with Crippen LogP contribution >= 0.6 is 0 Å². The first-order valence-corrected chi connectivity index (χ1v) is 9.73. The third kappa shape index (κ3) is 5.12. The zero-order valence-corrected chi connectivity index (χ0v) is 16.8. The topological polar surface area (TPSA) is 53.1 Å². The molecule has 1 heterocycles. The minimum absolute atomic E-state index is 0.107. The summed E-state index contributed by atoms with van der Waals surface area (Å²) >= 11 is 0.